The number of thiophene rings is 1. The predicted octanol–water partition coefficient (Wildman–Crippen LogP) is 5.33. The molecule has 4 rings (SSSR count). The third-order valence-electron chi connectivity index (χ3n) is 6.26. The van der Waals surface area contributed by atoms with Crippen molar-refractivity contribution in [1.29, 1.82) is 0 Å². The van der Waals surface area contributed by atoms with Crippen molar-refractivity contribution >= 4 is 35.0 Å². The first-order valence-electron chi connectivity index (χ1n) is 10.5. The molecule has 2 saturated heterocycles. The fraction of sp³-hybridized carbons (Fsp3) is 0.391. The monoisotopic (exact) mass is 463 g/mol. The normalized spacial score (nSPS) is 18.5. The van der Waals surface area contributed by atoms with E-state index in [-0.39, 0.29) is 17.4 Å². The van der Waals surface area contributed by atoms with Crippen LogP contribution in [0.5, 0.6) is 0 Å². The van der Waals surface area contributed by atoms with Gasteiger partial charge in [-0.25, -0.2) is 4.79 Å². The van der Waals surface area contributed by atoms with Crippen molar-refractivity contribution in [3.8, 4) is 0 Å². The number of nitrogens with zero attached hydrogens (tertiary/aromatic N) is 2. The molecule has 0 saturated carbocycles. The van der Waals surface area contributed by atoms with E-state index in [9.17, 15) is 22.8 Å². The zero-order chi connectivity index (χ0) is 22.8. The summed E-state index contributed by atoms with van der Waals surface area (Å²) in [5.74, 6) is 0.00292. The summed E-state index contributed by atoms with van der Waals surface area (Å²) in [6.45, 7) is 2.50. The fourth-order valence-electron chi connectivity index (χ4n) is 4.31. The Morgan fingerprint density at radius 1 is 1.00 bits per heavy atom. The van der Waals surface area contributed by atoms with Gasteiger partial charge in [0.05, 0.1) is 5.56 Å². The fourth-order valence-corrected chi connectivity index (χ4v) is 4.93. The van der Waals surface area contributed by atoms with Crippen LogP contribution in [0.3, 0.4) is 0 Å². The number of likely N-dealkylation sites (tertiary alicyclic amines) is 2. The van der Waals surface area contributed by atoms with Gasteiger partial charge in [-0.15, -0.1) is 11.3 Å². The molecule has 3 heterocycles. The first-order valence-corrected chi connectivity index (χ1v) is 11.4. The molecule has 2 fully saturated rings. The number of anilines is 1. The van der Waals surface area contributed by atoms with Crippen LogP contribution in [0.4, 0.5) is 23.7 Å². The number of carbonyl (C=O) groups is 2. The standard InChI is InChI=1S/C23H24F3N3O2S/c24-23(25,26)17-3-5-18(6-4-17)27-21(31)29-14-11-22(16-29)9-12-28(13-10-22)20(30)8-7-19-2-1-15-32-19/h1-8,15H,9-14,16H2,(H,27,31)/b8-7+. The second-order valence-corrected chi connectivity index (χ2v) is 9.33. The molecule has 1 N–H and O–H groups in total. The lowest BCUT2D eigenvalue weighted by molar-refractivity contribution is -0.137. The summed E-state index contributed by atoms with van der Waals surface area (Å²) < 4.78 is 38.1. The lowest BCUT2D eigenvalue weighted by Crippen LogP contribution is -2.44. The number of halogens is 3. The summed E-state index contributed by atoms with van der Waals surface area (Å²) in [4.78, 5) is 29.7. The molecule has 3 amide bonds. The molecule has 5 nitrogen and oxygen atoms in total. The van der Waals surface area contributed by atoms with Crippen molar-refractivity contribution in [1.82, 2.24) is 9.80 Å². The van der Waals surface area contributed by atoms with Crippen LogP contribution in [0.1, 0.15) is 29.7 Å². The van der Waals surface area contributed by atoms with Gasteiger partial charge in [-0.3, -0.25) is 4.79 Å². The van der Waals surface area contributed by atoms with E-state index in [1.807, 2.05) is 28.5 Å². The second kappa shape index (κ2) is 8.97. The minimum absolute atomic E-state index is 0.00292. The van der Waals surface area contributed by atoms with Gasteiger partial charge in [-0.05, 0) is 66.5 Å². The molecule has 1 aromatic heterocycles. The number of carbonyl (C=O) groups excluding carboxylic acids is 2. The van der Waals surface area contributed by atoms with Crippen LogP contribution in [0, 0.1) is 5.41 Å². The maximum Gasteiger partial charge on any atom is 0.416 e. The highest BCUT2D eigenvalue weighted by atomic mass is 32.1. The molecule has 2 aliphatic heterocycles. The zero-order valence-electron chi connectivity index (χ0n) is 17.4. The number of hydrogen-bond acceptors (Lipinski definition) is 3. The molecular formula is C23H24F3N3O2S. The third kappa shape index (κ3) is 5.15. The SMILES string of the molecule is O=C(/C=C/c1cccs1)N1CCC2(CC1)CCN(C(=O)Nc1ccc(C(F)(F)F)cc1)C2. The number of nitrogens with one attached hydrogen (secondary N) is 1. The van der Waals surface area contributed by atoms with Crippen LogP contribution < -0.4 is 5.32 Å². The van der Waals surface area contributed by atoms with Gasteiger partial charge < -0.3 is 15.1 Å². The summed E-state index contributed by atoms with van der Waals surface area (Å²) in [7, 11) is 0. The molecular weight excluding hydrogens is 439 g/mol. The molecule has 0 unspecified atom stereocenters. The van der Waals surface area contributed by atoms with Gasteiger partial charge in [0, 0.05) is 42.8 Å². The molecule has 1 spiro atoms. The average molecular weight is 464 g/mol. The molecule has 0 atom stereocenters. The number of urea groups is 1. The second-order valence-electron chi connectivity index (χ2n) is 8.35. The predicted molar refractivity (Wildman–Crippen MR) is 118 cm³/mol. The van der Waals surface area contributed by atoms with E-state index in [1.165, 1.54) is 12.1 Å². The minimum Gasteiger partial charge on any atom is -0.339 e. The Morgan fingerprint density at radius 2 is 1.66 bits per heavy atom. The number of alkyl halides is 3. The maximum atomic E-state index is 12.7. The van der Waals surface area contributed by atoms with Crippen molar-refractivity contribution < 1.29 is 22.8 Å². The van der Waals surface area contributed by atoms with Gasteiger partial charge in [0.2, 0.25) is 5.91 Å². The minimum atomic E-state index is -4.40. The molecule has 32 heavy (non-hydrogen) atoms. The number of amides is 3. The van der Waals surface area contributed by atoms with E-state index >= 15 is 0 Å². The smallest absolute Gasteiger partial charge is 0.339 e. The molecule has 2 aromatic rings. The van der Waals surface area contributed by atoms with E-state index < -0.39 is 11.7 Å². The quantitative estimate of drug-likeness (QED) is 0.626. The van der Waals surface area contributed by atoms with E-state index in [2.05, 4.69) is 5.32 Å². The van der Waals surface area contributed by atoms with Gasteiger partial charge in [0.25, 0.3) is 0 Å². The Balaban J connectivity index is 1.28. The summed E-state index contributed by atoms with van der Waals surface area (Å²) in [6.07, 6.45) is 1.56. The number of piperidine rings is 1. The summed E-state index contributed by atoms with van der Waals surface area (Å²) >= 11 is 1.58. The van der Waals surface area contributed by atoms with Crippen LogP contribution in [0.2, 0.25) is 0 Å². The lowest BCUT2D eigenvalue weighted by Gasteiger charge is -2.38. The first kappa shape index (κ1) is 22.4. The van der Waals surface area contributed by atoms with E-state index in [0.717, 1.165) is 36.3 Å². The van der Waals surface area contributed by atoms with Gasteiger partial charge in [-0.1, -0.05) is 6.07 Å². The van der Waals surface area contributed by atoms with Crippen molar-refractivity contribution in [2.75, 3.05) is 31.5 Å². The van der Waals surface area contributed by atoms with Crippen LogP contribution >= 0.6 is 11.3 Å². The van der Waals surface area contributed by atoms with Crippen molar-refractivity contribution in [2.45, 2.75) is 25.4 Å². The van der Waals surface area contributed by atoms with E-state index in [4.69, 9.17) is 0 Å². The zero-order valence-corrected chi connectivity index (χ0v) is 18.2. The van der Waals surface area contributed by atoms with Crippen LogP contribution in [0.25, 0.3) is 6.08 Å². The summed E-state index contributed by atoms with van der Waals surface area (Å²) in [5.41, 5.74) is -0.421. The van der Waals surface area contributed by atoms with E-state index in [1.54, 1.807) is 22.3 Å². The third-order valence-corrected chi connectivity index (χ3v) is 7.10. The topological polar surface area (TPSA) is 52.7 Å². The Bertz CT molecular complexity index is 979. The maximum absolute atomic E-state index is 12.7. The first-order chi connectivity index (χ1) is 15.2. The number of rotatable bonds is 3. The Hall–Kier alpha value is -2.81. The van der Waals surface area contributed by atoms with Gasteiger partial charge in [0.1, 0.15) is 0 Å². The summed E-state index contributed by atoms with van der Waals surface area (Å²) in [5, 5.41) is 4.66. The molecule has 0 radical (unpaired) electrons. The number of benzene rings is 1. The van der Waals surface area contributed by atoms with Crippen molar-refractivity contribution in [2.24, 2.45) is 5.41 Å². The Kier molecular flexibility index (Phi) is 6.28. The number of hydrogen-bond donors (Lipinski definition) is 1. The van der Waals surface area contributed by atoms with Gasteiger partial charge in [-0.2, -0.15) is 13.2 Å². The van der Waals surface area contributed by atoms with Gasteiger partial charge in [0.15, 0.2) is 0 Å². The van der Waals surface area contributed by atoms with E-state index in [0.29, 0.717) is 31.9 Å². The highest BCUT2D eigenvalue weighted by Crippen LogP contribution is 2.40. The highest BCUT2D eigenvalue weighted by molar-refractivity contribution is 7.10. The van der Waals surface area contributed by atoms with Crippen molar-refractivity contribution in [3.63, 3.8) is 0 Å². The molecule has 1 aromatic carbocycles. The molecule has 9 heteroatoms. The summed E-state index contributed by atoms with van der Waals surface area (Å²) in [6, 6.07) is 8.04. The lowest BCUT2D eigenvalue weighted by atomic mass is 9.78. The highest BCUT2D eigenvalue weighted by Gasteiger charge is 2.42. The molecule has 170 valence electrons. The van der Waals surface area contributed by atoms with Crippen LogP contribution in [-0.2, 0) is 11.0 Å². The molecule has 0 aliphatic carbocycles. The largest absolute Gasteiger partial charge is 0.416 e. The average Bonchev–Trinajstić information content (AvgIpc) is 3.43. The Morgan fingerprint density at radius 3 is 2.25 bits per heavy atom. The van der Waals surface area contributed by atoms with Crippen LogP contribution in [-0.4, -0.2) is 47.9 Å². The molecule has 0 bridgehead atoms. The Labute approximate surface area is 188 Å². The van der Waals surface area contributed by atoms with Crippen LogP contribution in [0.15, 0.2) is 47.9 Å². The van der Waals surface area contributed by atoms with Crippen molar-refractivity contribution in [3.05, 3.63) is 58.3 Å². The van der Waals surface area contributed by atoms with Gasteiger partial charge >= 0.3 is 12.2 Å². The molecule has 2 aliphatic rings.